The molecule has 0 aromatic heterocycles. The quantitative estimate of drug-likeness (QED) is 0.816. The average molecular weight is 397 g/mol. The number of rotatable bonds is 6. The normalized spacial score (nSPS) is 16.6. The third kappa shape index (κ3) is 5.86. The Morgan fingerprint density at radius 1 is 0.964 bits per heavy atom. The van der Waals surface area contributed by atoms with E-state index >= 15 is 0 Å². The van der Waals surface area contributed by atoms with Crippen molar-refractivity contribution in [1.82, 2.24) is 10.2 Å². The number of nitrogens with one attached hydrogen (secondary N) is 1. The molecule has 0 radical (unpaired) electrons. The minimum atomic E-state index is 0.00496. The van der Waals surface area contributed by atoms with Gasteiger partial charge in [0, 0.05) is 24.6 Å². The second kappa shape index (κ2) is 9.78. The standard InChI is InChI=1S/C23H28N2O2S/c1-17-3-7-19(8-4-17)13-22(26)24-15-21-16-28-12-11-25(21)23(27)14-20-9-5-18(2)6-10-20/h3-10,21H,11-16H2,1-2H3,(H,24,26)/t21-/m0/s1. The van der Waals surface area contributed by atoms with Crippen LogP contribution in [0.1, 0.15) is 22.3 Å². The summed E-state index contributed by atoms with van der Waals surface area (Å²) >= 11 is 1.84. The topological polar surface area (TPSA) is 49.4 Å². The van der Waals surface area contributed by atoms with Gasteiger partial charge in [0.15, 0.2) is 0 Å². The molecule has 0 unspecified atom stereocenters. The summed E-state index contributed by atoms with van der Waals surface area (Å²) in [5.41, 5.74) is 4.43. The zero-order chi connectivity index (χ0) is 19.9. The fourth-order valence-corrected chi connectivity index (χ4v) is 4.38. The molecule has 1 N–H and O–H groups in total. The summed E-state index contributed by atoms with van der Waals surface area (Å²) in [7, 11) is 0. The first kappa shape index (κ1) is 20.5. The third-order valence-electron chi connectivity index (χ3n) is 5.04. The van der Waals surface area contributed by atoms with Crippen LogP contribution >= 0.6 is 11.8 Å². The van der Waals surface area contributed by atoms with Gasteiger partial charge in [0.05, 0.1) is 18.9 Å². The van der Waals surface area contributed by atoms with Crippen LogP contribution in [-0.2, 0) is 22.4 Å². The Hall–Kier alpha value is -2.27. The lowest BCUT2D eigenvalue weighted by Crippen LogP contribution is -2.52. The monoisotopic (exact) mass is 396 g/mol. The second-order valence-electron chi connectivity index (χ2n) is 7.44. The van der Waals surface area contributed by atoms with E-state index in [0.717, 1.165) is 29.2 Å². The van der Waals surface area contributed by atoms with E-state index in [2.05, 4.69) is 5.32 Å². The summed E-state index contributed by atoms with van der Waals surface area (Å²) in [4.78, 5) is 27.1. The molecule has 0 bridgehead atoms. The van der Waals surface area contributed by atoms with E-state index in [0.29, 0.717) is 19.4 Å². The molecule has 1 aliphatic rings. The van der Waals surface area contributed by atoms with E-state index in [9.17, 15) is 9.59 Å². The van der Waals surface area contributed by atoms with Crippen LogP contribution in [-0.4, -0.2) is 47.4 Å². The molecular formula is C23H28N2O2S. The van der Waals surface area contributed by atoms with Gasteiger partial charge in [-0.05, 0) is 25.0 Å². The van der Waals surface area contributed by atoms with Gasteiger partial charge in [-0.3, -0.25) is 9.59 Å². The summed E-state index contributed by atoms with van der Waals surface area (Å²) in [6.07, 6.45) is 0.788. The third-order valence-corrected chi connectivity index (χ3v) is 6.14. The van der Waals surface area contributed by atoms with Crippen molar-refractivity contribution >= 4 is 23.6 Å². The van der Waals surface area contributed by atoms with Crippen molar-refractivity contribution in [2.45, 2.75) is 32.7 Å². The highest BCUT2D eigenvalue weighted by atomic mass is 32.2. The molecule has 0 aliphatic carbocycles. The Labute approximate surface area is 171 Å². The van der Waals surface area contributed by atoms with Crippen molar-refractivity contribution in [3.05, 3.63) is 70.8 Å². The number of nitrogens with zero attached hydrogens (tertiary/aromatic N) is 1. The molecule has 1 saturated heterocycles. The van der Waals surface area contributed by atoms with Gasteiger partial charge in [0.1, 0.15) is 0 Å². The van der Waals surface area contributed by atoms with Gasteiger partial charge in [-0.15, -0.1) is 0 Å². The molecule has 0 saturated carbocycles. The maximum atomic E-state index is 12.8. The molecule has 1 fully saturated rings. The molecule has 2 aromatic rings. The number of carbonyl (C=O) groups excluding carboxylic acids is 2. The smallest absolute Gasteiger partial charge is 0.227 e. The fraction of sp³-hybridized carbons (Fsp3) is 0.391. The molecule has 28 heavy (non-hydrogen) atoms. The van der Waals surface area contributed by atoms with Crippen LogP contribution in [0.2, 0.25) is 0 Å². The number of amides is 2. The molecule has 5 heteroatoms. The predicted octanol–water partition coefficient (Wildman–Crippen LogP) is 3.15. The number of hydrogen-bond acceptors (Lipinski definition) is 3. The van der Waals surface area contributed by atoms with Gasteiger partial charge >= 0.3 is 0 Å². The molecule has 1 heterocycles. The highest BCUT2D eigenvalue weighted by molar-refractivity contribution is 7.99. The lowest BCUT2D eigenvalue weighted by Gasteiger charge is -2.35. The summed E-state index contributed by atoms with van der Waals surface area (Å²) in [6.45, 7) is 5.33. The van der Waals surface area contributed by atoms with Crippen LogP contribution in [0.4, 0.5) is 0 Å². The van der Waals surface area contributed by atoms with Crippen LogP contribution in [0.5, 0.6) is 0 Å². The lowest BCUT2D eigenvalue weighted by atomic mass is 10.1. The van der Waals surface area contributed by atoms with Crippen molar-refractivity contribution < 1.29 is 9.59 Å². The van der Waals surface area contributed by atoms with Crippen LogP contribution in [0.3, 0.4) is 0 Å². The fourth-order valence-electron chi connectivity index (χ4n) is 3.32. The number of carbonyl (C=O) groups is 2. The lowest BCUT2D eigenvalue weighted by molar-refractivity contribution is -0.132. The minimum absolute atomic E-state index is 0.00496. The highest BCUT2D eigenvalue weighted by Crippen LogP contribution is 2.18. The Kier molecular flexibility index (Phi) is 7.15. The first-order valence-corrected chi connectivity index (χ1v) is 10.9. The zero-order valence-corrected chi connectivity index (χ0v) is 17.4. The van der Waals surface area contributed by atoms with Gasteiger partial charge < -0.3 is 10.2 Å². The molecule has 0 spiro atoms. The van der Waals surface area contributed by atoms with Crippen molar-refractivity contribution in [2.24, 2.45) is 0 Å². The summed E-state index contributed by atoms with van der Waals surface area (Å²) < 4.78 is 0. The van der Waals surface area contributed by atoms with E-state index in [-0.39, 0.29) is 17.9 Å². The molecule has 3 rings (SSSR count). The van der Waals surface area contributed by atoms with Crippen LogP contribution in [0.25, 0.3) is 0 Å². The molecule has 2 aromatic carbocycles. The first-order valence-electron chi connectivity index (χ1n) is 9.76. The number of hydrogen-bond donors (Lipinski definition) is 1. The summed E-state index contributed by atoms with van der Waals surface area (Å²) in [5.74, 6) is 1.96. The maximum Gasteiger partial charge on any atom is 0.227 e. The van der Waals surface area contributed by atoms with Crippen LogP contribution in [0, 0.1) is 13.8 Å². The van der Waals surface area contributed by atoms with Crippen LogP contribution in [0.15, 0.2) is 48.5 Å². The number of benzene rings is 2. The Bertz CT molecular complexity index is 802. The van der Waals surface area contributed by atoms with Crippen molar-refractivity contribution in [1.29, 1.82) is 0 Å². The van der Waals surface area contributed by atoms with Gasteiger partial charge in [-0.1, -0.05) is 59.7 Å². The molecule has 4 nitrogen and oxygen atoms in total. The predicted molar refractivity (Wildman–Crippen MR) is 116 cm³/mol. The van der Waals surface area contributed by atoms with Gasteiger partial charge in [-0.25, -0.2) is 0 Å². The van der Waals surface area contributed by atoms with Crippen molar-refractivity contribution in [3.63, 3.8) is 0 Å². The molecule has 1 aliphatic heterocycles. The van der Waals surface area contributed by atoms with E-state index in [1.807, 2.05) is 79.0 Å². The minimum Gasteiger partial charge on any atom is -0.354 e. The van der Waals surface area contributed by atoms with Gasteiger partial charge in [-0.2, -0.15) is 11.8 Å². The van der Waals surface area contributed by atoms with Crippen LogP contribution < -0.4 is 5.32 Å². The highest BCUT2D eigenvalue weighted by Gasteiger charge is 2.27. The largest absolute Gasteiger partial charge is 0.354 e. The number of thioether (sulfide) groups is 1. The SMILES string of the molecule is Cc1ccc(CC(=O)NC[C@H]2CSCCN2C(=O)Cc2ccc(C)cc2)cc1. The Morgan fingerprint density at radius 2 is 1.54 bits per heavy atom. The molecule has 1 atom stereocenters. The number of aryl methyl sites for hydroxylation is 2. The van der Waals surface area contributed by atoms with E-state index < -0.39 is 0 Å². The van der Waals surface area contributed by atoms with E-state index in [4.69, 9.17) is 0 Å². The summed E-state index contributed by atoms with van der Waals surface area (Å²) in [6, 6.07) is 16.2. The maximum absolute atomic E-state index is 12.8. The van der Waals surface area contributed by atoms with Gasteiger partial charge in [0.2, 0.25) is 11.8 Å². The average Bonchev–Trinajstić information content (AvgIpc) is 2.70. The van der Waals surface area contributed by atoms with E-state index in [1.54, 1.807) is 0 Å². The van der Waals surface area contributed by atoms with Gasteiger partial charge in [0.25, 0.3) is 0 Å². The zero-order valence-electron chi connectivity index (χ0n) is 16.6. The van der Waals surface area contributed by atoms with E-state index in [1.165, 1.54) is 11.1 Å². The molecule has 2 amide bonds. The summed E-state index contributed by atoms with van der Waals surface area (Å²) in [5, 5.41) is 3.03. The van der Waals surface area contributed by atoms with Crippen molar-refractivity contribution in [3.8, 4) is 0 Å². The Balaban J connectivity index is 1.53. The van der Waals surface area contributed by atoms with Crippen molar-refractivity contribution in [2.75, 3.05) is 24.6 Å². The molecular weight excluding hydrogens is 368 g/mol. The Morgan fingerprint density at radius 3 is 2.14 bits per heavy atom. The molecule has 148 valence electrons. The second-order valence-corrected chi connectivity index (χ2v) is 8.59. The first-order chi connectivity index (χ1) is 13.5.